The van der Waals surface area contributed by atoms with E-state index in [1.807, 2.05) is 6.92 Å². The fraction of sp³-hybridized carbons (Fsp3) is 0.263. The summed E-state index contributed by atoms with van der Waals surface area (Å²) in [7, 11) is 0. The van der Waals surface area contributed by atoms with Gasteiger partial charge < -0.3 is 10.2 Å². The molecule has 0 spiro atoms. The van der Waals surface area contributed by atoms with Crippen LogP contribution in [0.3, 0.4) is 0 Å². The predicted octanol–water partition coefficient (Wildman–Crippen LogP) is 4.16. The van der Waals surface area contributed by atoms with E-state index in [0.717, 1.165) is 11.1 Å². The molecule has 0 radical (unpaired) electrons. The second-order valence-corrected chi connectivity index (χ2v) is 6.18. The molecule has 2 aromatic rings. The molecule has 0 aliphatic carbocycles. The van der Waals surface area contributed by atoms with Crippen molar-refractivity contribution in [1.82, 2.24) is 4.90 Å². The van der Waals surface area contributed by atoms with Crippen molar-refractivity contribution in [2.45, 2.75) is 26.8 Å². The van der Waals surface area contributed by atoms with Gasteiger partial charge in [0.05, 0.1) is 0 Å². The summed E-state index contributed by atoms with van der Waals surface area (Å²) in [4.78, 5) is 25.5. The van der Waals surface area contributed by atoms with Crippen LogP contribution in [0.25, 0.3) is 0 Å². The van der Waals surface area contributed by atoms with Crippen LogP contribution in [-0.4, -0.2) is 23.3 Å². The summed E-state index contributed by atoms with van der Waals surface area (Å²) in [6.45, 7) is 3.88. The second-order valence-electron chi connectivity index (χ2n) is 5.78. The van der Waals surface area contributed by atoms with Gasteiger partial charge >= 0.3 is 0 Å². The minimum atomic E-state index is -0.325. The number of amides is 2. The lowest BCUT2D eigenvalue weighted by Gasteiger charge is -2.21. The second kappa shape index (κ2) is 8.62. The van der Waals surface area contributed by atoms with Crippen LogP contribution in [0.1, 0.15) is 24.5 Å². The average Bonchev–Trinajstić information content (AvgIpc) is 2.57. The van der Waals surface area contributed by atoms with E-state index in [1.165, 1.54) is 19.1 Å². The largest absolute Gasteiger partial charge is 0.338 e. The molecule has 0 aliphatic rings. The number of hydrogen-bond donors (Lipinski definition) is 1. The van der Waals surface area contributed by atoms with Gasteiger partial charge in [-0.25, -0.2) is 4.39 Å². The summed E-state index contributed by atoms with van der Waals surface area (Å²) >= 11 is 6.04. The molecule has 2 amide bonds. The van der Waals surface area contributed by atoms with Crippen molar-refractivity contribution >= 4 is 29.1 Å². The Bertz CT molecular complexity index is 763. The highest BCUT2D eigenvalue weighted by atomic mass is 35.5. The first-order valence-electron chi connectivity index (χ1n) is 7.91. The molecule has 0 saturated heterocycles. The maximum atomic E-state index is 13.0. The maximum Gasteiger partial charge on any atom is 0.226 e. The van der Waals surface area contributed by atoms with Crippen LogP contribution in [0.15, 0.2) is 42.5 Å². The van der Waals surface area contributed by atoms with Gasteiger partial charge in [-0.15, -0.1) is 0 Å². The summed E-state index contributed by atoms with van der Waals surface area (Å²) in [6, 6.07) is 11.3. The third-order valence-electron chi connectivity index (χ3n) is 3.88. The van der Waals surface area contributed by atoms with Gasteiger partial charge in [-0.1, -0.05) is 29.8 Å². The molecule has 132 valence electrons. The van der Waals surface area contributed by atoms with Crippen LogP contribution in [0.5, 0.6) is 0 Å². The van der Waals surface area contributed by atoms with E-state index in [4.69, 9.17) is 11.6 Å². The standard InChI is InChI=1S/C19H20ClFN2O2/c1-13-17(20)4-3-5-18(13)22-19(25)10-11-23(14(2)24)12-15-6-8-16(21)9-7-15/h3-9H,10-12H2,1-2H3,(H,22,25). The van der Waals surface area contributed by atoms with Crippen molar-refractivity contribution in [2.75, 3.05) is 11.9 Å². The SMILES string of the molecule is CC(=O)N(CCC(=O)Nc1cccc(Cl)c1C)Cc1ccc(F)cc1. The van der Waals surface area contributed by atoms with Crippen molar-refractivity contribution in [3.63, 3.8) is 0 Å². The quantitative estimate of drug-likeness (QED) is 0.838. The molecule has 2 aromatic carbocycles. The van der Waals surface area contributed by atoms with E-state index < -0.39 is 0 Å². The van der Waals surface area contributed by atoms with Crippen molar-refractivity contribution < 1.29 is 14.0 Å². The first-order valence-corrected chi connectivity index (χ1v) is 8.29. The first-order chi connectivity index (χ1) is 11.9. The maximum absolute atomic E-state index is 13.0. The molecule has 0 aliphatic heterocycles. The van der Waals surface area contributed by atoms with Crippen LogP contribution in [0.4, 0.5) is 10.1 Å². The molecule has 4 nitrogen and oxygen atoms in total. The zero-order valence-corrected chi connectivity index (χ0v) is 14.9. The lowest BCUT2D eigenvalue weighted by Crippen LogP contribution is -2.31. The number of carbonyl (C=O) groups is 2. The Kier molecular flexibility index (Phi) is 6.53. The Balaban J connectivity index is 1.94. The molecule has 0 saturated carbocycles. The van der Waals surface area contributed by atoms with Crippen LogP contribution >= 0.6 is 11.6 Å². The van der Waals surface area contributed by atoms with Gasteiger partial charge in [0, 0.05) is 37.1 Å². The molecule has 0 bridgehead atoms. The van der Waals surface area contributed by atoms with Gasteiger partial charge in [0.25, 0.3) is 0 Å². The third kappa shape index (κ3) is 5.57. The van der Waals surface area contributed by atoms with Gasteiger partial charge in [-0.2, -0.15) is 0 Å². The molecule has 0 aromatic heterocycles. The van der Waals surface area contributed by atoms with Gasteiger partial charge in [-0.3, -0.25) is 9.59 Å². The summed E-state index contributed by atoms with van der Waals surface area (Å²) in [5.41, 5.74) is 2.26. The Hall–Kier alpha value is -2.40. The van der Waals surface area contributed by atoms with Crippen molar-refractivity contribution in [1.29, 1.82) is 0 Å². The predicted molar refractivity (Wildman–Crippen MR) is 96.9 cm³/mol. The van der Waals surface area contributed by atoms with Crippen molar-refractivity contribution in [3.05, 3.63) is 64.4 Å². The van der Waals surface area contributed by atoms with E-state index in [9.17, 15) is 14.0 Å². The van der Waals surface area contributed by atoms with Gasteiger partial charge in [0.2, 0.25) is 11.8 Å². The van der Waals surface area contributed by atoms with Gasteiger partial charge in [0.15, 0.2) is 0 Å². The minimum Gasteiger partial charge on any atom is -0.338 e. The molecule has 0 heterocycles. The molecular weight excluding hydrogens is 343 g/mol. The Morgan fingerprint density at radius 1 is 1.16 bits per heavy atom. The molecule has 2 rings (SSSR count). The fourth-order valence-electron chi connectivity index (χ4n) is 2.35. The summed E-state index contributed by atoms with van der Waals surface area (Å²) < 4.78 is 13.0. The number of anilines is 1. The fourth-order valence-corrected chi connectivity index (χ4v) is 2.52. The minimum absolute atomic E-state index is 0.143. The summed E-state index contributed by atoms with van der Waals surface area (Å²) in [5, 5.41) is 3.39. The highest BCUT2D eigenvalue weighted by Crippen LogP contribution is 2.23. The number of benzene rings is 2. The number of halogens is 2. The first kappa shape index (κ1) is 18.9. The smallest absolute Gasteiger partial charge is 0.226 e. The van der Waals surface area contributed by atoms with E-state index in [0.29, 0.717) is 17.3 Å². The van der Waals surface area contributed by atoms with E-state index in [-0.39, 0.29) is 30.6 Å². The number of rotatable bonds is 6. The van der Waals surface area contributed by atoms with Crippen molar-refractivity contribution in [2.24, 2.45) is 0 Å². The molecule has 25 heavy (non-hydrogen) atoms. The number of hydrogen-bond acceptors (Lipinski definition) is 2. The number of nitrogens with zero attached hydrogens (tertiary/aromatic N) is 1. The Morgan fingerprint density at radius 3 is 2.48 bits per heavy atom. The van der Waals surface area contributed by atoms with Crippen LogP contribution in [0.2, 0.25) is 5.02 Å². The monoisotopic (exact) mass is 362 g/mol. The molecule has 1 N–H and O–H groups in total. The molecule has 0 fully saturated rings. The van der Waals surface area contributed by atoms with E-state index >= 15 is 0 Å². The summed E-state index contributed by atoms with van der Waals surface area (Å²) in [6.07, 6.45) is 0.159. The van der Waals surface area contributed by atoms with Crippen LogP contribution in [-0.2, 0) is 16.1 Å². The topological polar surface area (TPSA) is 49.4 Å². The van der Waals surface area contributed by atoms with Gasteiger partial charge in [-0.05, 0) is 42.3 Å². The lowest BCUT2D eigenvalue weighted by atomic mass is 10.2. The highest BCUT2D eigenvalue weighted by Gasteiger charge is 2.13. The molecule has 0 atom stereocenters. The number of carbonyl (C=O) groups excluding carboxylic acids is 2. The normalized spacial score (nSPS) is 10.4. The van der Waals surface area contributed by atoms with Crippen LogP contribution < -0.4 is 5.32 Å². The van der Waals surface area contributed by atoms with Crippen molar-refractivity contribution in [3.8, 4) is 0 Å². The molecule has 0 unspecified atom stereocenters. The number of nitrogens with one attached hydrogen (secondary N) is 1. The Labute approximate surface area is 151 Å². The lowest BCUT2D eigenvalue weighted by molar-refractivity contribution is -0.129. The van der Waals surface area contributed by atoms with E-state index in [1.54, 1.807) is 35.2 Å². The molecular formula is C19H20ClFN2O2. The highest BCUT2D eigenvalue weighted by molar-refractivity contribution is 6.31. The molecule has 6 heteroatoms. The Morgan fingerprint density at radius 2 is 1.84 bits per heavy atom. The van der Waals surface area contributed by atoms with E-state index in [2.05, 4.69) is 5.32 Å². The average molecular weight is 363 g/mol. The zero-order valence-electron chi connectivity index (χ0n) is 14.2. The third-order valence-corrected chi connectivity index (χ3v) is 4.29. The van der Waals surface area contributed by atoms with Gasteiger partial charge in [0.1, 0.15) is 5.82 Å². The zero-order chi connectivity index (χ0) is 18.4. The summed E-state index contributed by atoms with van der Waals surface area (Å²) in [5.74, 6) is -0.666. The van der Waals surface area contributed by atoms with Crippen LogP contribution in [0, 0.1) is 12.7 Å².